The molecule has 0 fully saturated rings. The van der Waals surface area contributed by atoms with Crippen LogP contribution in [0.15, 0.2) is 30.3 Å². The summed E-state index contributed by atoms with van der Waals surface area (Å²) >= 11 is 0. The molecule has 0 saturated carbocycles. The minimum Gasteiger partial charge on any atom is -0.344 e. The number of quaternary nitrogens is 1. The first kappa shape index (κ1) is 26.1. The van der Waals surface area contributed by atoms with Gasteiger partial charge in [0.05, 0.1) is 20.6 Å². The van der Waals surface area contributed by atoms with Crippen LogP contribution < -0.4 is 6.15 Å². The van der Waals surface area contributed by atoms with E-state index in [0.717, 1.165) is 11.0 Å². The van der Waals surface area contributed by atoms with Crippen LogP contribution in [-0.4, -0.2) is 25.1 Å². The Morgan fingerprint density at radius 3 is 1.44 bits per heavy atom. The fourth-order valence-corrected chi connectivity index (χ4v) is 3.89. The summed E-state index contributed by atoms with van der Waals surface area (Å²) in [6.45, 7) is 4.75. The van der Waals surface area contributed by atoms with E-state index in [9.17, 15) is 0 Å². The van der Waals surface area contributed by atoms with Gasteiger partial charge in [0.15, 0.2) is 0 Å². The maximum absolute atomic E-state index is 2.37. The predicted octanol–water partition coefficient (Wildman–Crippen LogP) is 7.91. The third-order valence-corrected chi connectivity index (χ3v) is 5.57. The molecule has 0 radical (unpaired) electrons. The van der Waals surface area contributed by atoms with Crippen LogP contribution in [-0.2, 0) is 6.54 Å². The molecule has 0 aliphatic heterocycles. The molecule has 0 aromatic heterocycles. The second-order valence-electron chi connectivity index (χ2n) is 8.90. The lowest BCUT2D eigenvalue weighted by Gasteiger charge is -2.30. The largest absolute Gasteiger partial charge is 0.344 e. The summed E-state index contributed by atoms with van der Waals surface area (Å²) in [5.41, 5.74) is 1.46. The van der Waals surface area contributed by atoms with Crippen LogP contribution in [0.5, 0.6) is 0 Å². The fourth-order valence-electron chi connectivity index (χ4n) is 3.89. The molecule has 3 N–H and O–H groups in total. The third-order valence-electron chi connectivity index (χ3n) is 5.57. The van der Waals surface area contributed by atoms with Gasteiger partial charge in [0.2, 0.25) is 0 Å². The molecule has 0 amide bonds. The van der Waals surface area contributed by atoms with Gasteiger partial charge < -0.3 is 10.6 Å². The molecule has 1 aromatic rings. The standard InChI is InChI=1S/C25H46N.H3N/c1-4-5-6-7-8-9-10-11-12-13-14-15-16-20-23-26(2,3)24-25-21-18-17-19-22-25;/h17-19,21-22H,4-16,20,23-24H2,1-3H3;1H3/q+1;. The highest BCUT2D eigenvalue weighted by Crippen LogP contribution is 2.14. The lowest BCUT2D eigenvalue weighted by atomic mass is 10.0. The van der Waals surface area contributed by atoms with E-state index >= 15 is 0 Å². The third kappa shape index (κ3) is 15.9. The first-order valence-electron chi connectivity index (χ1n) is 11.5. The van der Waals surface area contributed by atoms with E-state index in [2.05, 4.69) is 51.4 Å². The summed E-state index contributed by atoms with van der Waals surface area (Å²) in [5, 5.41) is 0. The van der Waals surface area contributed by atoms with Gasteiger partial charge in [-0.2, -0.15) is 0 Å². The predicted molar refractivity (Wildman–Crippen MR) is 122 cm³/mol. The minimum atomic E-state index is 0. The fraction of sp³-hybridized carbons (Fsp3) is 0.760. The highest BCUT2D eigenvalue weighted by molar-refractivity contribution is 5.13. The van der Waals surface area contributed by atoms with Crippen molar-refractivity contribution in [1.29, 1.82) is 0 Å². The Morgan fingerprint density at radius 1 is 0.593 bits per heavy atom. The van der Waals surface area contributed by atoms with E-state index in [1.807, 2.05) is 0 Å². The summed E-state index contributed by atoms with van der Waals surface area (Å²) in [5.74, 6) is 0. The monoisotopic (exact) mass is 377 g/mol. The second-order valence-corrected chi connectivity index (χ2v) is 8.90. The van der Waals surface area contributed by atoms with Crippen molar-refractivity contribution in [2.75, 3.05) is 20.6 Å². The summed E-state index contributed by atoms with van der Waals surface area (Å²) in [6, 6.07) is 10.9. The molecule has 0 unspecified atom stereocenters. The molecule has 0 atom stereocenters. The van der Waals surface area contributed by atoms with Gasteiger partial charge in [0.25, 0.3) is 0 Å². The van der Waals surface area contributed by atoms with Gasteiger partial charge in [-0.25, -0.2) is 0 Å². The molecular formula is C25H49N2+. The zero-order chi connectivity index (χ0) is 18.9. The number of hydrogen-bond donors (Lipinski definition) is 1. The van der Waals surface area contributed by atoms with Crippen LogP contribution in [0.3, 0.4) is 0 Å². The van der Waals surface area contributed by atoms with Gasteiger partial charge in [0.1, 0.15) is 6.54 Å². The van der Waals surface area contributed by atoms with Gasteiger partial charge >= 0.3 is 0 Å². The number of hydrogen-bond acceptors (Lipinski definition) is 1. The van der Waals surface area contributed by atoms with Gasteiger partial charge in [-0.15, -0.1) is 0 Å². The second kappa shape index (κ2) is 17.3. The van der Waals surface area contributed by atoms with Crippen LogP contribution in [0.4, 0.5) is 0 Å². The summed E-state index contributed by atoms with van der Waals surface area (Å²) in [7, 11) is 4.74. The maximum atomic E-state index is 2.37. The zero-order valence-electron chi connectivity index (χ0n) is 18.9. The molecule has 0 bridgehead atoms. The SMILES string of the molecule is CCCCCCCCCCCCCCCC[N+](C)(C)Cc1ccccc1.N. The topological polar surface area (TPSA) is 35.0 Å². The Morgan fingerprint density at radius 2 is 1.00 bits per heavy atom. The molecule has 0 saturated heterocycles. The molecule has 1 rings (SSSR count). The molecule has 0 aliphatic rings. The summed E-state index contributed by atoms with van der Waals surface area (Å²) in [6.07, 6.45) is 20.2. The van der Waals surface area contributed by atoms with Crippen molar-refractivity contribution in [3.05, 3.63) is 35.9 Å². The van der Waals surface area contributed by atoms with Crippen LogP contribution in [0.2, 0.25) is 0 Å². The van der Waals surface area contributed by atoms with Crippen LogP contribution >= 0.6 is 0 Å². The van der Waals surface area contributed by atoms with E-state index in [1.165, 1.54) is 102 Å². The van der Waals surface area contributed by atoms with E-state index in [-0.39, 0.29) is 6.15 Å². The smallest absolute Gasteiger partial charge is 0.104 e. The van der Waals surface area contributed by atoms with E-state index in [4.69, 9.17) is 0 Å². The Labute approximate surface area is 170 Å². The van der Waals surface area contributed by atoms with Crippen LogP contribution in [0.1, 0.15) is 102 Å². The Kier molecular flexibility index (Phi) is 16.7. The van der Waals surface area contributed by atoms with Gasteiger partial charge in [-0.3, -0.25) is 0 Å². The molecule has 1 aromatic carbocycles. The quantitative estimate of drug-likeness (QED) is 0.217. The van der Waals surface area contributed by atoms with Crippen LogP contribution in [0.25, 0.3) is 0 Å². The molecule has 2 heteroatoms. The summed E-state index contributed by atoms with van der Waals surface area (Å²) in [4.78, 5) is 0. The lowest BCUT2D eigenvalue weighted by Crippen LogP contribution is -2.39. The van der Waals surface area contributed by atoms with Gasteiger partial charge in [-0.1, -0.05) is 114 Å². The highest BCUT2D eigenvalue weighted by atomic mass is 15.3. The van der Waals surface area contributed by atoms with Crippen molar-refractivity contribution in [2.24, 2.45) is 0 Å². The lowest BCUT2D eigenvalue weighted by molar-refractivity contribution is -0.903. The number of benzene rings is 1. The molecule has 0 heterocycles. The molecule has 158 valence electrons. The summed E-state index contributed by atoms with van der Waals surface area (Å²) < 4.78 is 1.11. The van der Waals surface area contributed by atoms with Crippen molar-refractivity contribution in [1.82, 2.24) is 6.15 Å². The van der Waals surface area contributed by atoms with Crippen LogP contribution in [0, 0.1) is 0 Å². The number of nitrogens with zero attached hydrogens (tertiary/aromatic N) is 1. The Bertz CT molecular complexity index is 414. The first-order chi connectivity index (χ1) is 12.6. The maximum Gasteiger partial charge on any atom is 0.104 e. The Hall–Kier alpha value is -0.860. The first-order valence-corrected chi connectivity index (χ1v) is 11.5. The molecular weight excluding hydrogens is 328 g/mol. The van der Waals surface area contributed by atoms with Crippen molar-refractivity contribution in [2.45, 2.75) is 103 Å². The highest BCUT2D eigenvalue weighted by Gasteiger charge is 2.14. The van der Waals surface area contributed by atoms with Crippen molar-refractivity contribution in [3.8, 4) is 0 Å². The van der Waals surface area contributed by atoms with Crippen molar-refractivity contribution >= 4 is 0 Å². The molecule has 27 heavy (non-hydrogen) atoms. The number of rotatable bonds is 17. The number of unbranched alkanes of at least 4 members (excludes halogenated alkanes) is 13. The normalized spacial score (nSPS) is 11.4. The van der Waals surface area contributed by atoms with Crippen molar-refractivity contribution < 1.29 is 4.48 Å². The average molecular weight is 378 g/mol. The zero-order valence-corrected chi connectivity index (χ0v) is 18.9. The minimum absolute atomic E-state index is 0. The molecule has 2 nitrogen and oxygen atoms in total. The van der Waals surface area contributed by atoms with E-state index in [1.54, 1.807) is 0 Å². The van der Waals surface area contributed by atoms with E-state index in [0.29, 0.717) is 0 Å². The average Bonchev–Trinajstić information content (AvgIpc) is 2.62. The van der Waals surface area contributed by atoms with Gasteiger partial charge in [-0.05, 0) is 12.8 Å². The molecule has 0 spiro atoms. The molecule has 0 aliphatic carbocycles. The Balaban J connectivity index is 0.00000676. The van der Waals surface area contributed by atoms with Gasteiger partial charge in [0, 0.05) is 5.56 Å². The van der Waals surface area contributed by atoms with Crippen molar-refractivity contribution in [3.63, 3.8) is 0 Å². The van der Waals surface area contributed by atoms with E-state index < -0.39 is 0 Å².